The minimum Gasteiger partial charge on any atom is -0.489 e. The van der Waals surface area contributed by atoms with Crippen molar-refractivity contribution in [1.82, 2.24) is 0 Å². The first kappa shape index (κ1) is 14.6. The van der Waals surface area contributed by atoms with Gasteiger partial charge in [-0.3, -0.25) is 0 Å². The quantitative estimate of drug-likeness (QED) is 0.904. The molecule has 0 aliphatic carbocycles. The van der Waals surface area contributed by atoms with E-state index in [2.05, 4.69) is 22.0 Å². The number of carbonyl (C=O) groups is 1. The van der Waals surface area contributed by atoms with Crippen LogP contribution >= 0.6 is 15.9 Å². The second-order valence-electron chi connectivity index (χ2n) is 4.72. The number of benzene rings is 2. The van der Waals surface area contributed by atoms with E-state index in [9.17, 15) is 4.79 Å². The summed E-state index contributed by atoms with van der Waals surface area (Å²) in [6, 6.07) is 11.0. The lowest BCUT2D eigenvalue weighted by Gasteiger charge is -2.10. The first-order valence-electron chi connectivity index (χ1n) is 6.18. The molecule has 0 unspecified atom stereocenters. The van der Waals surface area contributed by atoms with E-state index in [-0.39, 0.29) is 5.56 Å². The molecule has 0 fully saturated rings. The van der Waals surface area contributed by atoms with Crippen molar-refractivity contribution in [1.29, 1.82) is 0 Å². The molecule has 0 aliphatic rings. The molecule has 0 radical (unpaired) electrons. The fourth-order valence-electron chi connectivity index (χ4n) is 1.97. The van der Waals surface area contributed by atoms with Gasteiger partial charge in [-0.2, -0.15) is 0 Å². The molecule has 0 heterocycles. The highest BCUT2D eigenvalue weighted by atomic mass is 79.9. The van der Waals surface area contributed by atoms with Gasteiger partial charge in [0.2, 0.25) is 0 Å². The average Bonchev–Trinajstić information content (AvgIpc) is 2.36. The molecule has 0 aliphatic heterocycles. The molecule has 104 valence electrons. The maximum absolute atomic E-state index is 10.9. The third kappa shape index (κ3) is 3.61. The molecule has 0 atom stereocenters. The molecular weight excluding hydrogens is 320 g/mol. The van der Waals surface area contributed by atoms with E-state index in [1.165, 1.54) is 0 Å². The molecule has 0 amide bonds. The molecule has 1 N–H and O–H groups in total. The van der Waals surface area contributed by atoms with E-state index in [1.54, 1.807) is 18.2 Å². The first-order valence-corrected chi connectivity index (χ1v) is 6.98. The van der Waals surface area contributed by atoms with Crippen LogP contribution in [-0.4, -0.2) is 11.1 Å². The normalized spacial score (nSPS) is 10.3. The van der Waals surface area contributed by atoms with E-state index in [1.807, 2.05) is 26.0 Å². The Hall–Kier alpha value is -1.81. The Morgan fingerprint density at radius 3 is 2.35 bits per heavy atom. The minimum atomic E-state index is -0.938. The van der Waals surface area contributed by atoms with Crippen molar-refractivity contribution < 1.29 is 14.6 Å². The molecule has 0 aromatic heterocycles. The van der Waals surface area contributed by atoms with Crippen molar-refractivity contribution >= 4 is 21.9 Å². The van der Waals surface area contributed by atoms with Crippen molar-refractivity contribution in [3.8, 4) is 5.75 Å². The highest BCUT2D eigenvalue weighted by Crippen LogP contribution is 2.22. The van der Waals surface area contributed by atoms with Crippen LogP contribution in [0.3, 0.4) is 0 Å². The van der Waals surface area contributed by atoms with Crippen molar-refractivity contribution in [2.45, 2.75) is 20.5 Å². The first-order chi connectivity index (χ1) is 9.45. The van der Waals surface area contributed by atoms with Gasteiger partial charge in [-0.05, 0) is 49.2 Å². The molecule has 3 nitrogen and oxygen atoms in total. The lowest BCUT2D eigenvalue weighted by molar-refractivity contribution is 0.0696. The van der Waals surface area contributed by atoms with Crippen molar-refractivity contribution in [2.24, 2.45) is 0 Å². The fraction of sp³-hybridized carbons (Fsp3) is 0.188. The number of hydrogen-bond acceptors (Lipinski definition) is 2. The summed E-state index contributed by atoms with van der Waals surface area (Å²) in [5.41, 5.74) is 3.47. The number of rotatable bonds is 4. The van der Waals surface area contributed by atoms with Gasteiger partial charge in [0.15, 0.2) is 0 Å². The molecule has 0 saturated carbocycles. The van der Waals surface area contributed by atoms with E-state index >= 15 is 0 Å². The van der Waals surface area contributed by atoms with Gasteiger partial charge in [0.05, 0.1) is 5.56 Å². The summed E-state index contributed by atoms with van der Waals surface area (Å²) in [7, 11) is 0. The summed E-state index contributed by atoms with van der Waals surface area (Å²) in [5, 5.41) is 8.92. The molecular formula is C16H15BrO3. The van der Waals surface area contributed by atoms with E-state index in [0.29, 0.717) is 6.61 Å². The SMILES string of the molecule is Cc1cc(C)cc(OCc2ccc(C(=O)O)cc2Br)c1. The van der Waals surface area contributed by atoms with Gasteiger partial charge in [0.25, 0.3) is 0 Å². The van der Waals surface area contributed by atoms with Gasteiger partial charge in [0, 0.05) is 10.0 Å². The summed E-state index contributed by atoms with van der Waals surface area (Å²) in [6.45, 7) is 4.44. The Kier molecular flexibility index (Phi) is 4.45. The van der Waals surface area contributed by atoms with Crippen LogP contribution in [0.15, 0.2) is 40.9 Å². The van der Waals surface area contributed by atoms with Gasteiger partial charge in [0.1, 0.15) is 12.4 Å². The smallest absolute Gasteiger partial charge is 0.335 e. The van der Waals surface area contributed by atoms with Crippen molar-refractivity contribution in [3.05, 3.63) is 63.1 Å². The van der Waals surface area contributed by atoms with Crippen molar-refractivity contribution in [2.75, 3.05) is 0 Å². The predicted molar refractivity (Wildman–Crippen MR) is 81.3 cm³/mol. The second kappa shape index (κ2) is 6.09. The number of carboxylic acids is 1. The van der Waals surface area contributed by atoms with Crippen LogP contribution in [0.4, 0.5) is 0 Å². The molecule has 20 heavy (non-hydrogen) atoms. The molecule has 4 heteroatoms. The van der Waals surface area contributed by atoms with Crippen LogP contribution in [0.25, 0.3) is 0 Å². The lowest BCUT2D eigenvalue weighted by atomic mass is 10.1. The van der Waals surface area contributed by atoms with E-state index < -0.39 is 5.97 Å². The summed E-state index contributed by atoms with van der Waals surface area (Å²) in [4.78, 5) is 10.9. The number of carboxylic acid groups (broad SMARTS) is 1. The zero-order valence-corrected chi connectivity index (χ0v) is 12.9. The predicted octanol–water partition coefficient (Wildman–Crippen LogP) is 4.34. The number of hydrogen-bond donors (Lipinski definition) is 1. The van der Waals surface area contributed by atoms with Gasteiger partial charge in [-0.15, -0.1) is 0 Å². The van der Waals surface area contributed by atoms with Crippen LogP contribution in [0.2, 0.25) is 0 Å². The third-order valence-corrected chi connectivity index (χ3v) is 3.63. The van der Waals surface area contributed by atoms with E-state index in [0.717, 1.165) is 26.9 Å². The summed E-state index contributed by atoms with van der Waals surface area (Å²) in [5.74, 6) is -0.121. The average molecular weight is 335 g/mol. The highest BCUT2D eigenvalue weighted by molar-refractivity contribution is 9.10. The standard InChI is InChI=1S/C16H15BrO3/c1-10-5-11(2)7-14(6-10)20-9-13-4-3-12(16(18)19)8-15(13)17/h3-8H,9H2,1-2H3,(H,18,19). The van der Waals surface area contributed by atoms with Crippen LogP contribution in [-0.2, 0) is 6.61 Å². The third-order valence-electron chi connectivity index (χ3n) is 2.89. The van der Waals surface area contributed by atoms with Crippen LogP contribution < -0.4 is 4.74 Å². The Bertz CT molecular complexity index is 630. The van der Waals surface area contributed by atoms with Crippen LogP contribution in [0, 0.1) is 13.8 Å². The van der Waals surface area contributed by atoms with Gasteiger partial charge < -0.3 is 9.84 Å². The van der Waals surface area contributed by atoms with Crippen molar-refractivity contribution in [3.63, 3.8) is 0 Å². The monoisotopic (exact) mass is 334 g/mol. The summed E-state index contributed by atoms with van der Waals surface area (Å²) >= 11 is 3.37. The zero-order valence-electron chi connectivity index (χ0n) is 11.3. The maximum Gasteiger partial charge on any atom is 0.335 e. The zero-order chi connectivity index (χ0) is 14.7. The van der Waals surface area contributed by atoms with Crippen LogP contribution in [0.5, 0.6) is 5.75 Å². The maximum atomic E-state index is 10.9. The molecule has 2 aromatic rings. The Morgan fingerprint density at radius 1 is 1.15 bits per heavy atom. The Labute approximate surface area is 126 Å². The van der Waals surface area contributed by atoms with Crippen LogP contribution in [0.1, 0.15) is 27.0 Å². The lowest BCUT2D eigenvalue weighted by Crippen LogP contribution is -2.00. The second-order valence-corrected chi connectivity index (χ2v) is 5.58. The number of ether oxygens (including phenoxy) is 1. The number of aryl methyl sites for hydroxylation is 2. The summed E-state index contributed by atoms with van der Waals surface area (Å²) < 4.78 is 6.50. The molecule has 2 aromatic carbocycles. The van der Waals surface area contributed by atoms with E-state index in [4.69, 9.17) is 9.84 Å². The molecule has 2 rings (SSSR count). The van der Waals surface area contributed by atoms with Gasteiger partial charge in [-0.1, -0.05) is 28.1 Å². The molecule has 0 bridgehead atoms. The fourth-order valence-corrected chi connectivity index (χ4v) is 2.47. The highest BCUT2D eigenvalue weighted by Gasteiger charge is 2.07. The summed E-state index contributed by atoms with van der Waals surface area (Å²) in [6.07, 6.45) is 0. The largest absolute Gasteiger partial charge is 0.489 e. The number of aromatic carboxylic acids is 1. The molecule has 0 spiro atoms. The Balaban J connectivity index is 2.12. The van der Waals surface area contributed by atoms with Gasteiger partial charge in [-0.25, -0.2) is 4.79 Å². The number of halogens is 1. The Morgan fingerprint density at radius 2 is 1.80 bits per heavy atom. The minimum absolute atomic E-state index is 0.257. The topological polar surface area (TPSA) is 46.5 Å². The van der Waals surface area contributed by atoms with Gasteiger partial charge >= 0.3 is 5.97 Å². The molecule has 0 saturated heterocycles.